The monoisotopic (exact) mass is 420 g/mol. The molecule has 2 heterocycles. The molecule has 4 nitrogen and oxygen atoms in total. The van der Waals surface area contributed by atoms with Gasteiger partial charge in [0.15, 0.2) is 5.82 Å². The Hall–Kier alpha value is -1.56. The number of amides is 1. The Kier molecular flexibility index (Phi) is 9.13. The summed E-state index contributed by atoms with van der Waals surface area (Å²) in [5.74, 6) is -0.347. The van der Waals surface area contributed by atoms with Gasteiger partial charge in [0.25, 0.3) is 5.91 Å². The molecule has 8 heteroatoms. The van der Waals surface area contributed by atoms with Crippen LogP contribution in [0.15, 0.2) is 42.7 Å². The lowest BCUT2D eigenvalue weighted by Gasteiger charge is -2.35. The molecule has 1 aromatic carbocycles. The first-order valence-electron chi connectivity index (χ1n) is 7.94. The summed E-state index contributed by atoms with van der Waals surface area (Å²) < 4.78 is 19.9. The molecule has 0 radical (unpaired) electrons. The van der Waals surface area contributed by atoms with Gasteiger partial charge >= 0.3 is 0 Å². The number of pyridine rings is 1. The Morgan fingerprint density at radius 3 is 2.81 bits per heavy atom. The highest BCUT2D eigenvalue weighted by molar-refractivity contribution is 6.31. The van der Waals surface area contributed by atoms with E-state index < -0.39 is 5.82 Å². The first-order valence-corrected chi connectivity index (χ1v) is 8.32. The molecule has 0 N–H and O–H groups in total. The predicted octanol–water partition coefficient (Wildman–Crippen LogP) is 4.79. The Morgan fingerprint density at radius 2 is 2.08 bits per heavy atom. The first-order chi connectivity index (χ1) is 11.7. The van der Waals surface area contributed by atoms with Gasteiger partial charge in [0.1, 0.15) is 12.4 Å². The largest absolute Gasteiger partial charge is 0.490 e. The zero-order valence-corrected chi connectivity index (χ0v) is 16.3. The van der Waals surface area contributed by atoms with Gasteiger partial charge in [-0.05, 0) is 43.5 Å². The molecule has 1 atom stereocenters. The minimum Gasteiger partial charge on any atom is -0.490 e. The van der Waals surface area contributed by atoms with Crippen molar-refractivity contribution in [1.82, 2.24) is 9.88 Å². The molecule has 2 aromatic rings. The van der Waals surface area contributed by atoms with Gasteiger partial charge in [-0.25, -0.2) is 4.39 Å². The number of carbonyl (C=O) groups is 1. The lowest BCUT2D eigenvalue weighted by molar-refractivity contribution is 0.0523. The van der Waals surface area contributed by atoms with E-state index in [0.717, 1.165) is 19.3 Å². The molecule has 1 aromatic heterocycles. The minimum atomic E-state index is -0.665. The number of rotatable bonds is 4. The van der Waals surface area contributed by atoms with Gasteiger partial charge in [0.2, 0.25) is 0 Å². The van der Waals surface area contributed by atoms with Crippen LogP contribution in [0.3, 0.4) is 0 Å². The topological polar surface area (TPSA) is 42.4 Å². The summed E-state index contributed by atoms with van der Waals surface area (Å²) >= 11 is 5.80. The number of benzene rings is 1. The number of hydrogen-bond acceptors (Lipinski definition) is 3. The van der Waals surface area contributed by atoms with Crippen molar-refractivity contribution in [2.45, 2.75) is 25.3 Å². The Balaban J connectivity index is 0.00000169. The number of halogens is 4. The number of piperidine rings is 1. The summed E-state index contributed by atoms with van der Waals surface area (Å²) in [6.45, 7) is 0.950. The maximum atomic E-state index is 14.2. The number of nitrogens with zero attached hydrogens (tertiary/aromatic N) is 2. The summed E-state index contributed by atoms with van der Waals surface area (Å²) in [5, 5.41) is -0.0407. The molecule has 1 unspecified atom stereocenters. The normalized spacial score (nSPS) is 16.2. The van der Waals surface area contributed by atoms with Gasteiger partial charge in [0, 0.05) is 12.7 Å². The zero-order valence-electron chi connectivity index (χ0n) is 13.9. The van der Waals surface area contributed by atoms with Crippen molar-refractivity contribution >= 4 is 42.3 Å². The molecule has 1 aliphatic rings. The molecule has 0 bridgehead atoms. The van der Waals surface area contributed by atoms with Crippen LogP contribution in [0.4, 0.5) is 4.39 Å². The van der Waals surface area contributed by atoms with Crippen molar-refractivity contribution < 1.29 is 13.9 Å². The fourth-order valence-corrected chi connectivity index (χ4v) is 3.06. The van der Waals surface area contributed by atoms with Crippen molar-refractivity contribution in [3.05, 3.63) is 59.1 Å². The van der Waals surface area contributed by atoms with Crippen molar-refractivity contribution in [2.75, 3.05) is 13.2 Å². The quantitative estimate of drug-likeness (QED) is 0.713. The van der Waals surface area contributed by atoms with E-state index in [-0.39, 0.29) is 47.3 Å². The van der Waals surface area contributed by atoms with Gasteiger partial charge in [-0.3, -0.25) is 9.78 Å². The van der Waals surface area contributed by atoms with Gasteiger partial charge < -0.3 is 9.64 Å². The van der Waals surface area contributed by atoms with E-state index >= 15 is 0 Å². The average molecular weight is 422 g/mol. The fraction of sp³-hybridized carbons (Fsp3) is 0.333. The molecule has 0 saturated carbocycles. The third kappa shape index (κ3) is 5.22. The highest BCUT2D eigenvalue weighted by Crippen LogP contribution is 2.24. The summed E-state index contributed by atoms with van der Waals surface area (Å²) in [4.78, 5) is 18.4. The molecule has 1 aliphatic heterocycles. The molecule has 0 aliphatic carbocycles. The lowest BCUT2D eigenvalue weighted by atomic mass is 10.0. The fourth-order valence-electron chi connectivity index (χ4n) is 2.89. The maximum absolute atomic E-state index is 14.2. The molecule has 1 amide bonds. The molecule has 26 heavy (non-hydrogen) atoms. The molecule has 3 rings (SSSR count). The van der Waals surface area contributed by atoms with E-state index in [1.165, 1.54) is 12.1 Å². The van der Waals surface area contributed by atoms with Crippen molar-refractivity contribution in [1.29, 1.82) is 0 Å². The van der Waals surface area contributed by atoms with Gasteiger partial charge in [-0.2, -0.15) is 0 Å². The maximum Gasteiger partial charge on any atom is 0.257 e. The molecule has 1 fully saturated rings. The van der Waals surface area contributed by atoms with Crippen molar-refractivity contribution in [3.63, 3.8) is 0 Å². The summed E-state index contributed by atoms with van der Waals surface area (Å²) in [7, 11) is 0. The van der Waals surface area contributed by atoms with Crippen LogP contribution in [0.1, 0.15) is 29.6 Å². The summed E-state index contributed by atoms with van der Waals surface area (Å²) in [6, 6.07) is 8.01. The zero-order chi connectivity index (χ0) is 16.9. The SMILES string of the molecule is Cl.Cl.O=C(c1cccc(Cl)c1F)N1CCCCC1COc1cccnc1. The lowest BCUT2D eigenvalue weighted by Crippen LogP contribution is -2.47. The van der Waals surface area contributed by atoms with Gasteiger partial charge in [-0.15, -0.1) is 24.8 Å². The smallest absolute Gasteiger partial charge is 0.257 e. The minimum absolute atomic E-state index is 0. The molecule has 142 valence electrons. The van der Waals surface area contributed by atoms with Crippen LogP contribution in [0.2, 0.25) is 5.02 Å². The molecular formula is C18H20Cl3FN2O2. The standard InChI is InChI=1S/C18H18ClFN2O2.2ClH/c19-16-8-3-7-15(17(16)20)18(23)22-10-2-1-5-13(22)12-24-14-6-4-9-21-11-14;;/h3-4,6-9,11,13H,1-2,5,10,12H2;2*1H. The Labute approximate surface area is 169 Å². The van der Waals surface area contributed by atoms with Crippen LogP contribution in [-0.4, -0.2) is 35.0 Å². The van der Waals surface area contributed by atoms with Crippen LogP contribution >= 0.6 is 36.4 Å². The van der Waals surface area contributed by atoms with Crippen molar-refractivity contribution in [2.24, 2.45) is 0 Å². The highest BCUT2D eigenvalue weighted by atomic mass is 35.5. The number of hydrogen-bond donors (Lipinski definition) is 0. The number of likely N-dealkylation sites (tertiary alicyclic amines) is 1. The number of aromatic nitrogens is 1. The highest BCUT2D eigenvalue weighted by Gasteiger charge is 2.29. The predicted molar refractivity (Wildman–Crippen MR) is 104 cm³/mol. The van der Waals surface area contributed by atoms with E-state index in [0.29, 0.717) is 18.9 Å². The average Bonchev–Trinajstić information content (AvgIpc) is 2.63. The number of carbonyl (C=O) groups excluding carboxylic acids is 1. The Bertz CT molecular complexity index is 719. The molecule has 1 saturated heterocycles. The second kappa shape index (κ2) is 10.6. The van der Waals surface area contributed by atoms with E-state index in [1.54, 1.807) is 29.4 Å². The number of ether oxygens (including phenoxy) is 1. The van der Waals surface area contributed by atoms with Crippen molar-refractivity contribution in [3.8, 4) is 5.75 Å². The third-order valence-electron chi connectivity index (χ3n) is 4.15. The summed E-state index contributed by atoms with van der Waals surface area (Å²) in [5.41, 5.74) is 0.00998. The molecule has 0 spiro atoms. The van der Waals surface area contributed by atoms with Crippen LogP contribution < -0.4 is 4.74 Å². The summed E-state index contributed by atoms with van der Waals surface area (Å²) in [6.07, 6.45) is 6.05. The van der Waals surface area contributed by atoms with Crippen LogP contribution in [0.25, 0.3) is 0 Å². The molecular weight excluding hydrogens is 402 g/mol. The van der Waals surface area contributed by atoms with Gasteiger partial charge in [0.05, 0.1) is 22.8 Å². The van der Waals surface area contributed by atoms with E-state index in [4.69, 9.17) is 16.3 Å². The Morgan fingerprint density at radius 1 is 1.27 bits per heavy atom. The first kappa shape index (κ1) is 22.5. The van der Waals surface area contributed by atoms with Crippen LogP contribution in [0.5, 0.6) is 5.75 Å². The van der Waals surface area contributed by atoms with Crippen LogP contribution in [-0.2, 0) is 0 Å². The second-order valence-corrected chi connectivity index (χ2v) is 6.16. The second-order valence-electron chi connectivity index (χ2n) is 5.75. The van der Waals surface area contributed by atoms with E-state index in [2.05, 4.69) is 4.98 Å². The van der Waals surface area contributed by atoms with E-state index in [9.17, 15) is 9.18 Å². The van der Waals surface area contributed by atoms with E-state index in [1.807, 2.05) is 6.07 Å². The van der Waals surface area contributed by atoms with Crippen LogP contribution in [0, 0.1) is 5.82 Å². The third-order valence-corrected chi connectivity index (χ3v) is 4.44. The van der Waals surface area contributed by atoms with Gasteiger partial charge in [-0.1, -0.05) is 17.7 Å².